The van der Waals surface area contributed by atoms with E-state index in [-0.39, 0.29) is 11.9 Å². The molecule has 0 spiro atoms. The van der Waals surface area contributed by atoms with E-state index in [0.717, 1.165) is 6.54 Å². The van der Waals surface area contributed by atoms with E-state index in [1.54, 1.807) is 0 Å². The maximum absolute atomic E-state index is 12.0. The number of carbonyl (C=O) groups is 1. The summed E-state index contributed by atoms with van der Waals surface area (Å²) < 4.78 is 5.60. The molecule has 1 aromatic heterocycles. The third kappa shape index (κ3) is 4.87. The highest BCUT2D eigenvalue weighted by Gasteiger charge is 2.20. The Morgan fingerprint density at radius 1 is 1.11 bits per heavy atom. The maximum atomic E-state index is 12.0. The van der Waals surface area contributed by atoms with E-state index in [9.17, 15) is 4.79 Å². The Morgan fingerprint density at radius 2 is 1.82 bits per heavy atom. The Labute approximate surface area is 166 Å². The van der Waals surface area contributed by atoms with Crippen LogP contribution in [0.4, 0.5) is 0 Å². The molecule has 1 heterocycles. The number of carbonyl (C=O) groups excluding carboxylic acids is 1. The topological polar surface area (TPSA) is 58.4 Å². The van der Waals surface area contributed by atoms with Crippen LogP contribution in [0.25, 0.3) is 0 Å². The number of amides is 1. The fraction of sp³-hybridized carbons (Fsp3) is 0.304. The van der Waals surface area contributed by atoms with E-state index >= 15 is 0 Å². The van der Waals surface area contributed by atoms with Crippen molar-refractivity contribution >= 4 is 5.91 Å². The summed E-state index contributed by atoms with van der Waals surface area (Å²) in [5.74, 6) is 0.330. The van der Waals surface area contributed by atoms with Crippen LogP contribution in [0.3, 0.4) is 0 Å². The van der Waals surface area contributed by atoms with Crippen molar-refractivity contribution in [3.8, 4) is 0 Å². The van der Waals surface area contributed by atoms with Crippen LogP contribution in [-0.4, -0.2) is 22.3 Å². The van der Waals surface area contributed by atoms with Gasteiger partial charge in [0.15, 0.2) is 5.69 Å². The molecule has 0 bridgehead atoms. The Balaban J connectivity index is 1.84. The number of hydrogen-bond acceptors (Lipinski definition) is 4. The summed E-state index contributed by atoms with van der Waals surface area (Å²) in [4.78, 5) is 18.7. The molecule has 5 heteroatoms. The van der Waals surface area contributed by atoms with Crippen molar-refractivity contribution in [2.24, 2.45) is 0 Å². The summed E-state index contributed by atoms with van der Waals surface area (Å²) in [7, 11) is 0. The predicted molar refractivity (Wildman–Crippen MR) is 110 cm³/mol. The first-order chi connectivity index (χ1) is 13.6. The van der Waals surface area contributed by atoms with Gasteiger partial charge in [-0.05, 0) is 37.5 Å². The molecule has 1 atom stereocenters. The third-order valence-corrected chi connectivity index (χ3v) is 4.92. The molecule has 146 valence electrons. The molecule has 0 radical (unpaired) electrons. The second kappa shape index (κ2) is 9.33. The molecule has 28 heavy (non-hydrogen) atoms. The van der Waals surface area contributed by atoms with Gasteiger partial charge in [-0.3, -0.25) is 9.69 Å². The number of aryl methyl sites for hydroxylation is 1. The molecule has 0 aliphatic rings. The molecule has 5 nitrogen and oxygen atoms in total. The first-order valence-electron chi connectivity index (χ1n) is 9.64. The summed E-state index contributed by atoms with van der Waals surface area (Å²) in [6.45, 7) is 8.03. The summed E-state index contributed by atoms with van der Waals surface area (Å²) in [6, 6.07) is 18.9. The van der Waals surface area contributed by atoms with Gasteiger partial charge >= 0.3 is 0 Å². The molecule has 0 saturated heterocycles. The summed E-state index contributed by atoms with van der Waals surface area (Å²) in [6.07, 6.45) is 1.43. The Hall–Kier alpha value is -2.92. The smallest absolute Gasteiger partial charge is 0.273 e. The van der Waals surface area contributed by atoms with Crippen molar-refractivity contribution in [3.63, 3.8) is 0 Å². The van der Waals surface area contributed by atoms with Gasteiger partial charge in [0, 0.05) is 19.1 Å². The molecule has 2 aromatic carbocycles. The lowest BCUT2D eigenvalue weighted by atomic mass is 10.0. The van der Waals surface area contributed by atoms with E-state index in [1.807, 2.05) is 13.0 Å². The molecule has 0 saturated carbocycles. The van der Waals surface area contributed by atoms with Crippen LogP contribution in [0, 0.1) is 6.92 Å². The number of benzene rings is 2. The summed E-state index contributed by atoms with van der Waals surface area (Å²) in [5, 5.41) is 2.75. The lowest BCUT2D eigenvalue weighted by Crippen LogP contribution is -2.27. The molecule has 1 N–H and O–H groups in total. The van der Waals surface area contributed by atoms with Gasteiger partial charge in [0.2, 0.25) is 5.89 Å². The van der Waals surface area contributed by atoms with Gasteiger partial charge in [0.05, 0.1) is 6.54 Å². The molecule has 0 fully saturated rings. The van der Waals surface area contributed by atoms with Crippen molar-refractivity contribution in [1.29, 1.82) is 0 Å². The third-order valence-electron chi connectivity index (χ3n) is 4.92. The molecular formula is C23H27N3O2. The second-order valence-electron chi connectivity index (χ2n) is 6.90. The number of nitrogens with one attached hydrogen (secondary N) is 1. The molecule has 3 rings (SSSR count). The minimum Gasteiger partial charge on any atom is -0.447 e. The standard InChI is InChI=1S/C23H27N3O2/c1-4-24-23(27)21-16-28-22(25-21)15-26(14-20-13-9-8-10-17(20)2)18(3)19-11-6-5-7-12-19/h5-13,16,18H,4,14-15H2,1-3H3,(H,24,27)/t18-/m1/s1. The summed E-state index contributed by atoms with van der Waals surface area (Å²) in [5.41, 5.74) is 4.07. The van der Waals surface area contributed by atoms with Crippen LogP contribution in [0.15, 0.2) is 65.3 Å². The molecule has 3 aromatic rings. The average molecular weight is 377 g/mol. The first-order valence-corrected chi connectivity index (χ1v) is 9.64. The van der Waals surface area contributed by atoms with Crippen LogP contribution < -0.4 is 5.32 Å². The number of rotatable bonds is 8. The lowest BCUT2D eigenvalue weighted by Gasteiger charge is -2.29. The van der Waals surface area contributed by atoms with Crippen LogP contribution >= 0.6 is 0 Å². The van der Waals surface area contributed by atoms with Gasteiger partial charge in [-0.15, -0.1) is 0 Å². The van der Waals surface area contributed by atoms with Gasteiger partial charge in [-0.25, -0.2) is 4.98 Å². The zero-order chi connectivity index (χ0) is 19.9. The highest BCUT2D eigenvalue weighted by molar-refractivity contribution is 5.91. The molecule has 0 unspecified atom stereocenters. The quantitative estimate of drug-likeness (QED) is 0.628. The van der Waals surface area contributed by atoms with Gasteiger partial charge in [0.1, 0.15) is 6.26 Å². The average Bonchev–Trinajstić information content (AvgIpc) is 3.18. The van der Waals surface area contributed by atoms with Crippen LogP contribution in [0.5, 0.6) is 0 Å². The van der Waals surface area contributed by atoms with Crippen LogP contribution in [-0.2, 0) is 13.1 Å². The van der Waals surface area contributed by atoms with E-state index in [1.165, 1.54) is 23.0 Å². The SMILES string of the molecule is CCNC(=O)c1coc(CN(Cc2ccccc2C)[C@H](C)c2ccccc2)n1. The van der Waals surface area contributed by atoms with Crippen molar-refractivity contribution in [2.45, 2.75) is 39.9 Å². The maximum Gasteiger partial charge on any atom is 0.273 e. The predicted octanol–water partition coefficient (Wildman–Crippen LogP) is 4.50. The number of hydrogen-bond donors (Lipinski definition) is 1. The van der Waals surface area contributed by atoms with Crippen molar-refractivity contribution in [3.05, 3.63) is 89.1 Å². The fourth-order valence-corrected chi connectivity index (χ4v) is 3.19. The van der Waals surface area contributed by atoms with E-state index in [2.05, 4.69) is 77.6 Å². The Morgan fingerprint density at radius 3 is 2.54 bits per heavy atom. The lowest BCUT2D eigenvalue weighted by molar-refractivity contribution is 0.0950. The normalized spacial score (nSPS) is 12.1. The molecule has 0 aliphatic carbocycles. The highest BCUT2D eigenvalue weighted by Crippen LogP contribution is 2.25. The van der Waals surface area contributed by atoms with Crippen LogP contribution in [0.2, 0.25) is 0 Å². The van der Waals surface area contributed by atoms with Crippen molar-refractivity contribution in [1.82, 2.24) is 15.2 Å². The zero-order valence-electron chi connectivity index (χ0n) is 16.7. The Kier molecular flexibility index (Phi) is 6.61. The first kappa shape index (κ1) is 19.8. The molecular weight excluding hydrogens is 350 g/mol. The van der Waals surface area contributed by atoms with Gasteiger partial charge < -0.3 is 9.73 Å². The monoisotopic (exact) mass is 377 g/mol. The molecule has 0 aliphatic heterocycles. The highest BCUT2D eigenvalue weighted by atomic mass is 16.3. The Bertz CT molecular complexity index is 905. The summed E-state index contributed by atoms with van der Waals surface area (Å²) >= 11 is 0. The minimum atomic E-state index is -0.209. The number of oxazole rings is 1. The second-order valence-corrected chi connectivity index (χ2v) is 6.90. The van der Waals surface area contributed by atoms with Gasteiger partial charge in [-0.2, -0.15) is 0 Å². The fourth-order valence-electron chi connectivity index (χ4n) is 3.19. The van der Waals surface area contributed by atoms with E-state index in [4.69, 9.17) is 4.42 Å². The minimum absolute atomic E-state index is 0.167. The van der Waals surface area contributed by atoms with Gasteiger partial charge in [-0.1, -0.05) is 54.6 Å². The van der Waals surface area contributed by atoms with Crippen molar-refractivity contribution < 1.29 is 9.21 Å². The van der Waals surface area contributed by atoms with E-state index in [0.29, 0.717) is 24.7 Å². The van der Waals surface area contributed by atoms with Crippen LogP contribution in [0.1, 0.15) is 53.0 Å². The molecule has 1 amide bonds. The largest absolute Gasteiger partial charge is 0.447 e. The number of aromatic nitrogens is 1. The van der Waals surface area contributed by atoms with Crippen molar-refractivity contribution in [2.75, 3.05) is 6.54 Å². The van der Waals surface area contributed by atoms with Gasteiger partial charge in [0.25, 0.3) is 5.91 Å². The zero-order valence-corrected chi connectivity index (χ0v) is 16.7. The van der Waals surface area contributed by atoms with E-state index < -0.39 is 0 Å². The number of nitrogens with zero attached hydrogens (tertiary/aromatic N) is 2.